The SMILES string of the molecule is O=C(c1ccc(OC2CCN(C(=O)C3CCCCC3)CC2)nc1)N1CCOCC1. The normalized spacial score (nSPS) is 21.8. The molecule has 158 valence electrons. The predicted molar refractivity (Wildman–Crippen MR) is 108 cm³/mol. The van der Waals surface area contributed by atoms with Crippen molar-refractivity contribution in [2.45, 2.75) is 51.0 Å². The highest BCUT2D eigenvalue weighted by atomic mass is 16.5. The lowest BCUT2D eigenvalue weighted by atomic mass is 9.88. The molecule has 0 aromatic carbocycles. The molecule has 0 N–H and O–H groups in total. The van der Waals surface area contributed by atoms with Crippen LogP contribution >= 0.6 is 0 Å². The Labute approximate surface area is 172 Å². The van der Waals surface area contributed by atoms with Crippen molar-refractivity contribution in [1.82, 2.24) is 14.8 Å². The lowest BCUT2D eigenvalue weighted by Crippen LogP contribution is -2.44. The summed E-state index contributed by atoms with van der Waals surface area (Å²) in [6.07, 6.45) is 9.06. The molecule has 7 heteroatoms. The van der Waals surface area contributed by atoms with Gasteiger partial charge in [0.15, 0.2) is 0 Å². The fourth-order valence-corrected chi connectivity index (χ4v) is 4.50. The number of morpholine rings is 1. The number of hydrogen-bond donors (Lipinski definition) is 0. The zero-order valence-electron chi connectivity index (χ0n) is 17.1. The third-order valence-electron chi connectivity index (χ3n) is 6.28. The van der Waals surface area contributed by atoms with Crippen molar-refractivity contribution < 1.29 is 19.1 Å². The summed E-state index contributed by atoms with van der Waals surface area (Å²) in [7, 11) is 0. The summed E-state index contributed by atoms with van der Waals surface area (Å²) in [4.78, 5) is 33.3. The number of nitrogens with zero attached hydrogens (tertiary/aromatic N) is 3. The summed E-state index contributed by atoms with van der Waals surface area (Å²) in [6, 6.07) is 3.55. The van der Waals surface area contributed by atoms with E-state index in [4.69, 9.17) is 9.47 Å². The number of hydrogen-bond acceptors (Lipinski definition) is 5. The van der Waals surface area contributed by atoms with Gasteiger partial charge in [0.05, 0.1) is 18.8 Å². The highest BCUT2D eigenvalue weighted by molar-refractivity contribution is 5.94. The van der Waals surface area contributed by atoms with E-state index in [9.17, 15) is 9.59 Å². The van der Waals surface area contributed by atoms with E-state index < -0.39 is 0 Å². The molecule has 1 aliphatic carbocycles. The second-order valence-electron chi connectivity index (χ2n) is 8.27. The monoisotopic (exact) mass is 401 g/mol. The van der Waals surface area contributed by atoms with E-state index >= 15 is 0 Å². The maximum Gasteiger partial charge on any atom is 0.255 e. The van der Waals surface area contributed by atoms with Crippen LogP contribution in [-0.2, 0) is 9.53 Å². The van der Waals surface area contributed by atoms with Gasteiger partial charge in [0.1, 0.15) is 6.10 Å². The fourth-order valence-electron chi connectivity index (χ4n) is 4.50. The lowest BCUT2D eigenvalue weighted by molar-refractivity contribution is -0.138. The standard InChI is InChI=1S/C22H31N3O4/c26-21(17-4-2-1-3-5-17)24-10-8-19(9-11-24)29-20-7-6-18(16-23-20)22(27)25-12-14-28-15-13-25/h6-7,16-17,19H,1-5,8-15H2. The number of amides is 2. The van der Waals surface area contributed by atoms with E-state index in [-0.39, 0.29) is 17.9 Å². The highest BCUT2D eigenvalue weighted by Gasteiger charge is 2.30. The first kappa shape index (κ1) is 20.1. The zero-order chi connectivity index (χ0) is 20.1. The summed E-state index contributed by atoms with van der Waals surface area (Å²) in [5.74, 6) is 1.11. The average molecular weight is 402 g/mol. The minimum absolute atomic E-state index is 0.0121. The van der Waals surface area contributed by atoms with E-state index in [0.717, 1.165) is 38.8 Å². The third-order valence-corrected chi connectivity index (χ3v) is 6.28. The maximum absolute atomic E-state index is 12.7. The molecule has 2 aliphatic heterocycles. The summed E-state index contributed by atoms with van der Waals surface area (Å²) in [6.45, 7) is 3.93. The number of rotatable bonds is 4. The molecular weight excluding hydrogens is 370 g/mol. The van der Waals surface area contributed by atoms with Crippen LogP contribution in [0.1, 0.15) is 55.3 Å². The van der Waals surface area contributed by atoms with Crippen LogP contribution in [0.25, 0.3) is 0 Å². The van der Waals surface area contributed by atoms with Crippen molar-refractivity contribution in [3.63, 3.8) is 0 Å². The third kappa shape index (κ3) is 5.07. The fraction of sp³-hybridized carbons (Fsp3) is 0.682. The lowest BCUT2D eigenvalue weighted by Gasteiger charge is -2.35. The number of carbonyl (C=O) groups excluding carboxylic acids is 2. The van der Waals surface area contributed by atoms with Crippen molar-refractivity contribution in [2.75, 3.05) is 39.4 Å². The van der Waals surface area contributed by atoms with Gasteiger partial charge in [-0.2, -0.15) is 0 Å². The first-order chi connectivity index (χ1) is 14.2. The van der Waals surface area contributed by atoms with Crippen LogP contribution in [0.3, 0.4) is 0 Å². The molecule has 1 aromatic heterocycles. The molecule has 3 fully saturated rings. The van der Waals surface area contributed by atoms with Gasteiger partial charge in [-0.05, 0) is 18.9 Å². The molecule has 1 saturated carbocycles. The molecule has 0 unspecified atom stereocenters. The molecule has 2 saturated heterocycles. The molecule has 0 atom stereocenters. The second kappa shape index (κ2) is 9.57. The molecule has 0 bridgehead atoms. The van der Waals surface area contributed by atoms with E-state index in [2.05, 4.69) is 4.98 Å². The Morgan fingerprint density at radius 1 is 0.931 bits per heavy atom. The summed E-state index contributed by atoms with van der Waals surface area (Å²) < 4.78 is 11.3. The molecule has 0 spiro atoms. The number of aromatic nitrogens is 1. The van der Waals surface area contributed by atoms with Crippen molar-refractivity contribution in [2.24, 2.45) is 5.92 Å². The van der Waals surface area contributed by atoms with Gasteiger partial charge in [0.25, 0.3) is 5.91 Å². The number of piperidine rings is 1. The van der Waals surface area contributed by atoms with Crippen LogP contribution in [0.5, 0.6) is 5.88 Å². The highest BCUT2D eigenvalue weighted by Crippen LogP contribution is 2.27. The van der Waals surface area contributed by atoms with E-state index in [1.807, 2.05) is 4.90 Å². The predicted octanol–water partition coefficient (Wildman–Crippen LogP) is 2.50. The van der Waals surface area contributed by atoms with Crippen LogP contribution < -0.4 is 4.74 Å². The molecule has 1 aromatic rings. The smallest absolute Gasteiger partial charge is 0.255 e. The first-order valence-corrected chi connectivity index (χ1v) is 11.0. The van der Waals surface area contributed by atoms with Gasteiger partial charge in [0.2, 0.25) is 11.8 Å². The number of ether oxygens (including phenoxy) is 2. The molecule has 4 rings (SSSR count). The Morgan fingerprint density at radius 3 is 2.31 bits per heavy atom. The molecule has 0 radical (unpaired) electrons. The van der Waals surface area contributed by atoms with Gasteiger partial charge in [-0.1, -0.05) is 19.3 Å². The first-order valence-electron chi connectivity index (χ1n) is 11.0. The van der Waals surface area contributed by atoms with Crippen LogP contribution in [0.4, 0.5) is 0 Å². The summed E-state index contributed by atoms with van der Waals surface area (Å²) in [5, 5.41) is 0. The molecule has 29 heavy (non-hydrogen) atoms. The molecule has 7 nitrogen and oxygen atoms in total. The quantitative estimate of drug-likeness (QED) is 0.775. The van der Waals surface area contributed by atoms with Gasteiger partial charge < -0.3 is 19.3 Å². The summed E-state index contributed by atoms with van der Waals surface area (Å²) in [5.41, 5.74) is 0.576. The van der Waals surface area contributed by atoms with E-state index in [0.29, 0.717) is 43.7 Å². The van der Waals surface area contributed by atoms with Crippen molar-refractivity contribution in [1.29, 1.82) is 0 Å². The largest absolute Gasteiger partial charge is 0.474 e. The van der Waals surface area contributed by atoms with Crippen molar-refractivity contribution >= 4 is 11.8 Å². The van der Waals surface area contributed by atoms with Gasteiger partial charge in [0, 0.05) is 57.2 Å². The maximum atomic E-state index is 12.7. The van der Waals surface area contributed by atoms with Crippen LogP contribution in [0.2, 0.25) is 0 Å². The van der Waals surface area contributed by atoms with Gasteiger partial charge in [-0.3, -0.25) is 9.59 Å². The second-order valence-corrected chi connectivity index (χ2v) is 8.27. The van der Waals surface area contributed by atoms with Crippen molar-refractivity contribution in [3.8, 4) is 5.88 Å². The van der Waals surface area contributed by atoms with E-state index in [1.165, 1.54) is 19.3 Å². The van der Waals surface area contributed by atoms with Gasteiger partial charge in [-0.15, -0.1) is 0 Å². The van der Waals surface area contributed by atoms with E-state index in [1.54, 1.807) is 23.2 Å². The minimum Gasteiger partial charge on any atom is -0.474 e. The topological polar surface area (TPSA) is 72.0 Å². The van der Waals surface area contributed by atoms with Gasteiger partial charge in [-0.25, -0.2) is 4.98 Å². The number of likely N-dealkylation sites (tertiary alicyclic amines) is 1. The summed E-state index contributed by atoms with van der Waals surface area (Å²) >= 11 is 0. The Kier molecular flexibility index (Phi) is 6.64. The number of pyridine rings is 1. The Balaban J connectivity index is 1.25. The van der Waals surface area contributed by atoms with Crippen LogP contribution in [-0.4, -0.2) is 72.1 Å². The molecule has 3 heterocycles. The Bertz CT molecular complexity index is 689. The van der Waals surface area contributed by atoms with Gasteiger partial charge >= 0.3 is 0 Å². The molecular formula is C22H31N3O4. The molecule has 2 amide bonds. The Morgan fingerprint density at radius 2 is 1.66 bits per heavy atom. The van der Waals surface area contributed by atoms with Crippen LogP contribution in [0, 0.1) is 5.92 Å². The Hall–Kier alpha value is -2.15. The minimum atomic E-state index is -0.0121. The zero-order valence-corrected chi connectivity index (χ0v) is 17.1. The van der Waals surface area contributed by atoms with Crippen LogP contribution in [0.15, 0.2) is 18.3 Å². The number of carbonyl (C=O) groups is 2. The average Bonchev–Trinajstić information content (AvgIpc) is 2.80. The van der Waals surface area contributed by atoms with Crippen molar-refractivity contribution in [3.05, 3.63) is 23.9 Å². The molecule has 3 aliphatic rings.